The first-order chi connectivity index (χ1) is 8.38. The van der Waals surface area contributed by atoms with Crippen molar-refractivity contribution in [2.45, 2.75) is 38.8 Å². The van der Waals surface area contributed by atoms with Crippen LogP contribution in [0.2, 0.25) is 0 Å². The molecule has 1 atom stereocenters. The van der Waals surface area contributed by atoms with Crippen molar-refractivity contribution in [3.05, 3.63) is 12.4 Å². The molecule has 1 aliphatic rings. The Bertz CT molecular complexity index is 349. The van der Waals surface area contributed by atoms with Crippen LogP contribution in [0.25, 0.3) is 0 Å². The molecule has 0 spiro atoms. The van der Waals surface area contributed by atoms with E-state index in [0.29, 0.717) is 6.04 Å². The smallest absolute Gasteiger partial charge is 0.156 e. The minimum absolute atomic E-state index is 0.616. The SMILES string of the molecule is CCC1CCSC(=NCCCn2ccnn2)N1. The van der Waals surface area contributed by atoms with Crippen molar-refractivity contribution in [2.75, 3.05) is 12.3 Å². The molecule has 1 fully saturated rings. The third-order valence-corrected chi connectivity index (χ3v) is 3.76. The van der Waals surface area contributed by atoms with Gasteiger partial charge in [0, 0.05) is 31.1 Å². The third kappa shape index (κ3) is 4.03. The lowest BCUT2D eigenvalue weighted by molar-refractivity contribution is 0.557. The highest BCUT2D eigenvalue weighted by Crippen LogP contribution is 2.15. The highest BCUT2D eigenvalue weighted by Gasteiger charge is 2.14. The third-order valence-electron chi connectivity index (χ3n) is 2.80. The molecule has 1 saturated heterocycles. The van der Waals surface area contributed by atoms with Crippen LogP contribution in [0.3, 0.4) is 0 Å². The van der Waals surface area contributed by atoms with Crippen molar-refractivity contribution in [2.24, 2.45) is 4.99 Å². The van der Waals surface area contributed by atoms with Gasteiger partial charge in [-0.25, -0.2) is 0 Å². The number of amidine groups is 1. The average Bonchev–Trinajstić information content (AvgIpc) is 2.88. The summed E-state index contributed by atoms with van der Waals surface area (Å²) in [5.41, 5.74) is 0. The molecule has 1 aromatic rings. The van der Waals surface area contributed by atoms with E-state index in [0.717, 1.165) is 24.7 Å². The Labute approximate surface area is 106 Å². The number of nitrogens with zero attached hydrogens (tertiary/aromatic N) is 4. The zero-order valence-corrected chi connectivity index (χ0v) is 11.0. The van der Waals surface area contributed by atoms with Gasteiger partial charge in [0.25, 0.3) is 0 Å². The molecule has 0 amide bonds. The van der Waals surface area contributed by atoms with E-state index in [9.17, 15) is 0 Å². The number of aliphatic imine (C=N–C) groups is 1. The van der Waals surface area contributed by atoms with Gasteiger partial charge in [-0.1, -0.05) is 23.9 Å². The molecule has 2 heterocycles. The molecule has 5 nitrogen and oxygen atoms in total. The molecule has 0 bridgehead atoms. The summed E-state index contributed by atoms with van der Waals surface area (Å²) < 4.78 is 1.84. The zero-order chi connectivity index (χ0) is 11.9. The first kappa shape index (κ1) is 12.4. The fraction of sp³-hybridized carbons (Fsp3) is 0.727. The maximum Gasteiger partial charge on any atom is 0.156 e. The highest BCUT2D eigenvalue weighted by molar-refractivity contribution is 8.13. The summed E-state index contributed by atoms with van der Waals surface area (Å²) in [6, 6.07) is 0.616. The molecular weight excluding hydrogens is 234 g/mol. The molecule has 1 aromatic heterocycles. The van der Waals surface area contributed by atoms with Crippen LogP contribution in [0, 0.1) is 0 Å². The molecule has 1 N–H and O–H groups in total. The molecule has 17 heavy (non-hydrogen) atoms. The molecule has 0 aromatic carbocycles. The van der Waals surface area contributed by atoms with E-state index in [4.69, 9.17) is 0 Å². The fourth-order valence-corrected chi connectivity index (χ4v) is 2.78. The molecule has 94 valence electrons. The van der Waals surface area contributed by atoms with Crippen LogP contribution in [0.4, 0.5) is 0 Å². The van der Waals surface area contributed by atoms with Crippen LogP contribution in [0.5, 0.6) is 0 Å². The lowest BCUT2D eigenvalue weighted by Gasteiger charge is -2.24. The normalized spacial score (nSPS) is 22.6. The lowest BCUT2D eigenvalue weighted by atomic mass is 10.2. The number of aryl methyl sites for hydroxylation is 1. The molecule has 1 unspecified atom stereocenters. The zero-order valence-electron chi connectivity index (χ0n) is 10.2. The lowest BCUT2D eigenvalue weighted by Crippen LogP contribution is -2.37. The van der Waals surface area contributed by atoms with Gasteiger partial charge in [-0.2, -0.15) is 0 Å². The summed E-state index contributed by atoms with van der Waals surface area (Å²) in [6.07, 6.45) is 7.02. The van der Waals surface area contributed by atoms with Crippen molar-refractivity contribution in [3.63, 3.8) is 0 Å². The van der Waals surface area contributed by atoms with Gasteiger partial charge in [0.1, 0.15) is 0 Å². The second-order valence-electron chi connectivity index (χ2n) is 4.09. The van der Waals surface area contributed by atoms with E-state index in [-0.39, 0.29) is 0 Å². The Kier molecular flexibility index (Phi) is 4.85. The van der Waals surface area contributed by atoms with Gasteiger partial charge >= 0.3 is 0 Å². The Morgan fingerprint density at radius 2 is 2.59 bits per heavy atom. The predicted octanol–water partition coefficient (Wildman–Crippen LogP) is 1.53. The van der Waals surface area contributed by atoms with E-state index in [1.165, 1.54) is 18.6 Å². The minimum Gasteiger partial charge on any atom is -0.362 e. The summed E-state index contributed by atoms with van der Waals surface area (Å²) in [5.74, 6) is 1.19. The van der Waals surface area contributed by atoms with Gasteiger partial charge in [-0.15, -0.1) is 5.10 Å². The van der Waals surface area contributed by atoms with Gasteiger partial charge < -0.3 is 5.32 Å². The van der Waals surface area contributed by atoms with Gasteiger partial charge in [-0.3, -0.25) is 9.67 Å². The van der Waals surface area contributed by atoms with Crippen LogP contribution < -0.4 is 5.32 Å². The molecule has 2 rings (SSSR count). The van der Waals surface area contributed by atoms with E-state index in [1.54, 1.807) is 6.20 Å². The Morgan fingerprint density at radius 3 is 3.35 bits per heavy atom. The fourth-order valence-electron chi connectivity index (χ4n) is 1.75. The van der Waals surface area contributed by atoms with Crippen LogP contribution in [0.1, 0.15) is 26.2 Å². The van der Waals surface area contributed by atoms with Crippen molar-refractivity contribution in [3.8, 4) is 0 Å². The molecule has 1 aliphatic heterocycles. The first-order valence-corrected chi connectivity index (χ1v) is 7.15. The number of aromatic nitrogens is 3. The van der Waals surface area contributed by atoms with Crippen LogP contribution >= 0.6 is 11.8 Å². The predicted molar refractivity (Wildman–Crippen MR) is 71.2 cm³/mol. The summed E-state index contributed by atoms with van der Waals surface area (Å²) in [5, 5.41) is 12.3. The number of nitrogens with one attached hydrogen (secondary N) is 1. The van der Waals surface area contributed by atoms with Crippen molar-refractivity contribution in [1.29, 1.82) is 0 Å². The molecule has 0 saturated carbocycles. The number of thioether (sulfide) groups is 1. The van der Waals surface area contributed by atoms with Crippen molar-refractivity contribution in [1.82, 2.24) is 20.3 Å². The minimum atomic E-state index is 0.616. The molecular formula is C11H19N5S. The number of hydrogen-bond acceptors (Lipinski definition) is 4. The average molecular weight is 253 g/mol. The van der Waals surface area contributed by atoms with Crippen LogP contribution in [-0.2, 0) is 6.54 Å². The molecule has 0 radical (unpaired) electrons. The van der Waals surface area contributed by atoms with E-state index < -0.39 is 0 Å². The largest absolute Gasteiger partial charge is 0.362 e. The van der Waals surface area contributed by atoms with Crippen molar-refractivity contribution >= 4 is 16.9 Å². The second kappa shape index (κ2) is 6.64. The van der Waals surface area contributed by atoms with E-state index >= 15 is 0 Å². The van der Waals surface area contributed by atoms with Gasteiger partial charge in [0.15, 0.2) is 5.17 Å². The number of rotatable bonds is 5. The summed E-state index contributed by atoms with van der Waals surface area (Å²) in [4.78, 5) is 4.59. The first-order valence-electron chi connectivity index (χ1n) is 6.16. The maximum absolute atomic E-state index is 4.59. The summed E-state index contributed by atoms with van der Waals surface area (Å²) in [7, 11) is 0. The van der Waals surface area contributed by atoms with E-state index in [2.05, 4.69) is 27.5 Å². The summed E-state index contributed by atoms with van der Waals surface area (Å²) in [6.45, 7) is 3.96. The summed E-state index contributed by atoms with van der Waals surface area (Å²) >= 11 is 1.83. The van der Waals surface area contributed by atoms with E-state index in [1.807, 2.05) is 22.6 Å². The number of hydrogen-bond donors (Lipinski definition) is 1. The topological polar surface area (TPSA) is 55.1 Å². The standard InChI is InChI=1S/C11H19N5S/c1-2-10-4-9-17-11(14-10)12-5-3-7-16-8-6-13-15-16/h6,8,10H,2-5,7,9H2,1H3,(H,12,14). The Balaban J connectivity index is 1.69. The monoisotopic (exact) mass is 253 g/mol. The van der Waals surface area contributed by atoms with Crippen molar-refractivity contribution < 1.29 is 0 Å². The second-order valence-corrected chi connectivity index (χ2v) is 5.18. The van der Waals surface area contributed by atoms with Gasteiger partial charge in [-0.05, 0) is 19.3 Å². The Morgan fingerprint density at radius 1 is 1.65 bits per heavy atom. The van der Waals surface area contributed by atoms with Crippen LogP contribution in [0.15, 0.2) is 17.4 Å². The van der Waals surface area contributed by atoms with Crippen LogP contribution in [-0.4, -0.2) is 38.5 Å². The van der Waals surface area contributed by atoms with Gasteiger partial charge in [0.2, 0.25) is 0 Å². The van der Waals surface area contributed by atoms with Gasteiger partial charge in [0.05, 0.1) is 6.20 Å². The molecule has 0 aliphatic carbocycles. The maximum atomic E-state index is 4.59. The Hall–Kier alpha value is -1.04. The highest BCUT2D eigenvalue weighted by atomic mass is 32.2. The molecule has 6 heteroatoms. The quantitative estimate of drug-likeness (QED) is 0.809.